The van der Waals surface area contributed by atoms with Crippen molar-refractivity contribution in [1.29, 1.82) is 0 Å². The Morgan fingerprint density at radius 1 is 1.50 bits per heavy atom. The van der Waals surface area contributed by atoms with Crippen LogP contribution in [0.3, 0.4) is 0 Å². The van der Waals surface area contributed by atoms with Crippen LogP contribution in [-0.2, 0) is 4.74 Å². The lowest BCUT2D eigenvalue weighted by Crippen LogP contribution is -2.30. The van der Waals surface area contributed by atoms with E-state index in [0.29, 0.717) is 0 Å². The Labute approximate surface area is 58.4 Å². The van der Waals surface area contributed by atoms with Crippen LogP contribution in [0, 0.1) is 0 Å². The number of hydrogen-bond donors (Lipinski definition) is 3. The number of rotatable bonds is 1. The third-order valence-corrected chi connectivity index (χ3v) is 1.48. The van der Waals surface area contributed by atoms with E-state index in [1.54, 1.807) is 0 Å². The van der Waals surface area contributed by atoms with Gasteiger partial charge in [0.15, 0.2) is 0 Å². The van der Waals surface area contributed by atoms with Gasteiger partial charge >= 0.3 is 0 Å². The zero-order valence-electron chi connectivity index (χ0n) is 5.40. The number of aliphatic hydroxyl groups excluding tert-OH is 3. The van der Waals surface area contributed by atoms with E-state index in [1.165, 1.54) is 0 Å². The van der Waals surface area contributed by atoms with Crippen LogP contribution in [0.15, 0.2) is 12.3 Å². The average Bonchev–Trinajstić information content (AvgIpc) is 2.14. The summed E-state index contributed by atoms with van der Waals surface area (Å²) in [6.07, 6.45) is -2.78. The predicted octanol–water partition coefficient (Wildman–Crippen LogP) is -0.821. The van der Waals surface area contributed by atoms with Crippen LogP contribution in [0.25, 0.3) is 0 Å². The lowest BCUT2D eigenvalue weighted by atomic mass is 10.1. The van der Waals surface area contributed by atoms with Crippen molar-refractivity contribution in [2.75, 3.05) is 6.61 Å². The SMILES string of the molecule is C=C(O)[C@H]1OC[C@H](O)[C@@H]1O. The third-order valence-electron chi connectivity index (χ3n) is 1.48. The summed E-state index contributed by atoms with van der Waals surface area (Å²) in [5, 5.41) is 26.7. The number of ether oxygens (including phenoxy) is 1. The van der Waals surface area contributed by atoms with Crippen LogP contribution >= 0.6 is 0 Å². The van der Waals surface area contributed by atoms with E-state index >= 15 is 0 Å². The molecule has 1 saturated heterocycles. The second kappa shape index (κ2) is 2.57. The van der Waals surface area contributed by atoms with Crippen molar-refractivity contribution in [3.05, 3.63) is 12.3 Å². The fraction of sp³-hybridized carbons (Fsp3) is 0.667. The van der Waals surface area contributed by atoms with Crippen molar-refractivity contribution in [1.82, 2.24) is 0 Å². The lowest BCUT2D eigenvalue weighted by Gasteiger charge is -2.12. The molecular formula is C6H10O4. The molecular weight excluding hydrogens is 136 g/mol. The minimum atomic E-state index is -1.04. The van der Waals surface area contributed by atoms with Crippen LogP contribution in [0.1, 0.15) is 0 Å². The monoisotopic (exact) mass is 146 g/mol. The highest BCUT2D eigenvalue weighted by Gasteiger charge is 2.36. The molecule has 0 aromatic heterocycles. The Morgan fingerprint density at radius 2 is 2.10 bits per heavy atom. The van der Waals surface area contributed by atoms with Crippen LogP contribution in [0.4, 0.5) is 0 Å². The Hall–Kier alpha value is -0.580. The Balaban J connectivity index is 2.57. The molecule has 0 unspecified atom stereocenters. The van der Waals surface area contributed by atoms with Gasteiger partial charge in [0.2, 0.25) is 0 Å². The van der Waals surface area contributed by atoms with Gasteiger partial charge in [0.05, 0.1) is 6.61 Å². The van der Waals surface area contributed by atoms with Gasteiger partial charge < -0.3 is 20.1 Å². The molecule has 1 fully saturated rings. The average molecular weight is 146 g/mol. The maximum absolute atomic E-state index is 9.03. The van der Waals surface area contributed by atoms with Gasteiger partial charge in [-0.2, -0.15) is 0 Å². The zero-order valence-corrected chi connectivity index (χ0v) is 5.40. The standard InChI is InChI=1S/C6H10O4/c1-3(7)6-5(9)4(8)2-10-6/h4-9H,1-2H2/t4-,5-,6+/m0/s1. The number of hydrogen-bond acceptors (Lipinski definition) is 4. The maximum atomic E-state index is 9.03. The first-order valence-electron chi connectivity index (χ1n) is 2.98. The largest absolute Gasteiger partial charge is 0.510 e. The van der Waals surface area contributed by atoms with Crippen molar-refractivity contribution in [2.45, 2.75) is 18.3 Å². The third kappa shape index (κ3) is 1.13. The highest BCUT2D eigenvalue weighted by atomic mass is 16.5. The van der Waals surface area contributed by atoms with E-state index in [-0.39, 0.29) is 12.4 Å². The normalized spacial score (nSPS) is 40.0. The second-order valence-electron chi connectivity index (χ2n) is 2.30. The van der Waals surface area contributed by atoms with Crippen molar-refractivity contribution in [3.8, 4) is 0 Å². The van der Waals surface area contributed by atoms with Crippen LogP contribution in [0.2, 0.25) is 0 Å². The topological polar surface area (TPSA) is 69.9 Å². The summed E-state index contributed by atoms with van der Waals surface area (Å²) in [6, 6.07) is 0. The lowest BCUT2D eigenvalue weighted by molar-refractivity contribution is 0.0225. The van der Waals surface area contributed by atoms with E-state index < -0.39 is 18.3 Å². The van der Waals surface area contributed by atoms with Crippen LogP contribution in [0.5, 0.6) is 0 Å². The smallest absolute Gasteiger partial charge is 0.142 e. The molecule has 0 aromatic rings. The van der Waals surface area contributed by atoms with Crippen LogP contribution in [-0.4, -0.2) is 40.2 Å². The molecule has 10 heavy (non-hydrogen) atoms. The van der Waals surface area contributed by atoms with Gasteiger partial charge in [-0.15, -0.1) is 0 Å². The molecule has 3 atom stereocenters. The zero-order chi connectivity index (χ0) is 7.72. The first-order chi connectivity index (χ1) is 4.63. The minimum Gasteiger partial charge on any atom is -0.510 e. The maximum Gasteiger partial charge on any atom is 0.142 e. The summed E-state index contributed by atoms with van der Waals surface area (Å²) in [7, 11) is 0. The first-order valence-corrected chi connectivity index (χ1v) is 2.98. The van der Waals surface area contributed by atoms with E-state index in [2.05, 4.69) is 6.58 Å². The molecule has 0 spiro atoms. The van der Waals surface area contributed by atoms with Gasteiger partial charge in [-0.25, -0.2) is 0 Å². The first kappa shape index (κ1) is 7.53. The molecule has 1 heterocycles. The summed E-state index contributed by atoms with van der Waals surface area (Å²) in [4.78, 5) is 0. The van der Waals surface area contributed by atoms with E-state index in [9.17, 15) is 0 Å². The quantitative estimate of drug-likeness (QED) is 0.423. The molecule has 1 aliphatic rings. The van der Waals surface area contributed by atoms with Crippen molar-refractivity contribution < 1.29 is 20.1 Å². The molecule has 1 rings (SSSR count). The van der Waals surface area contributed by atoms with Gasteiger partial charge in [-0.05, 0) is 0 Å². The van der Waals surface area contributed by atoms with Gasteiger partial charge in [0.25, 0.3) is 0 Å². The van der Waals surface area contributed by atoms with Gasteiger partial charge in [-0.3, -0.25) is 0 Å². The van der Waals surface area contributed by atoms with Crippen molar-refractivity contribution >= 4 is 0 Å². The highest BCUT2D eigenvalue weighted by molar-refractivity contribution is 5.00. The van der Waals surface area contributed by atoms with Crippen molar-refractivity contribution in [2.24, 2.45) is 0 Å². The molecule has 0 bridgehead atoms. The van der Waals surface area contributed by atoms with E-state index in [1.807, 2.05) is 0 Å². The Kier molecular flexibility index (Phi) is 1.94. The molecule has 0 saturated carbocycles. The summed E-state index contributed by atoms with van der Waals surface area (Å²) < 4.78 is 4.79. The van der Waals surface area contributed by atoms with Gasteiger partial charge in [-0.1, -0.05) is 6.58 Å². The molecule has 0 aliphatic carbocycles. The van der Waals surface area contributed by atoms with Gasteiger partial charge in [0.1, 0.15) is 24.1 Å². The van der Waals surface area contributed by atoms with Gasteiger partial charge in [0, 0.05) is 0 Å². The summed E-state index contributed by atoms with van der Waals surface area (Å²) in [6.45, 7) is 3.23. The molecule has 3 N–H and O–H groups in total. The Morgan fingerprint density at radius 3 is 2.30 bits per heavy atom. The fourth-order valence-corrected chi connectivity index (χ4v) is 0.895. The summed E-state index contributed by atoms with van der Waals surface area (Å²) >= 11 is 0. The summed E-state index contributed by atoms with van der Waals surface area (Å²) in [5.41, 5.74) is 0. The Bertz CT molecular complexity index is 145. The minimum absolute atomic E-state index is 0.0470. The predicted molar refractivity (Wildman–Crippen MR) is 33.5 cm³/mol. The molecule has 0 radical (unpaired) electrons. The molecule has 4 nitrogen and oxygen atoms in total. The summed E-state index contributed by atoms with van der Waals surface area (Å²) in [5.74, 6) is -0.246. The molecule has 0 aromatic carbocycles. The van der Waals surface area contributed by atoms with Crippen molar-refractivity contribution in [3.63, 3.8) is 0 Å². The van der Waals surface area contributed by atoms with Crippen LogP contribution < -0.4 is 0 Å². The van der Waals surface area contributed by atoms with E-state index in [0.717, 1.165) is 0 Å². The van der Waals surface area contributed by atoms with E-state index in [4.69, 9.17) is 20.1 Å². The molecule has 4 heteroatoms. The fourth-order valence-electron chi connectivity index (χ4n) is 0.895. The number of aliphatic hydroxyl groups is 3. The second-order valence-corrected chi connectivity index (χ2v) is 2.30. The molecule has 0 amide bonds. The molecule has 1 aliphatic heterocycles. The molecule has 58 valence electrons. The highest BCUT2D eigenvalue weighted by Crippen LogP contribution is 2.18.